The van der Waals surface area contributed by atoms with Crippen molar-refractivity contribution in [3.05, 3.63) is 113 Å². The Morgan fingerprint density at radius 3 is 2.60 bits per heavy atom. The number of anilines is 2. The quantitative estimate of drug-likeness (QED) is 0.166. The average Bonchev–Trinajstić information content (AvgIpc) is 3.65. The first-order valence-electron chi connectivity index (χ1n) is 13.7. The molecule has 2 unspecified atom stereocenters. The molecule has 0 spiro atoms. The minimum absolute atomic E-state index is 0.0875. The summed E-state index contributed by atoms with van der Waals surface area (Å²) in [6.45, 7) is 3.95. The van der Waals surface area contributed by atoms with E-state index < -0.39 is 11.3 Å². The Morgan fingerprint density at radius 1 is 0.953 bits per heavy atom. The first-order chi connectivity index (χ1) is 20.9. The van der Waals surface area contributed by atoms with E-state index in [1.807, 2.05) is 86.9 Å². The molecule has 43 heavy (non-hydrogen) atoms. The van der Waals surface area contributed by atoms with Crippen molar-refractivity contribution in [3.8, 4) is 16.8 Å². The van der Waals surface area contributed by atoms with Gasteiger partial charge in [-0.15, -0.1) is 0 Å². The molecule has 0 saturated heterocycles. The molecule has 4 heterocycles. The number of fused-ring (bicyclic) bond motifs is 3. The lowest BCUT2D eigenvalue weighted by Gasteiger charge is -2.22. The second kappa shape index (κ2) is 10.5. The number of aryl methyl sites for hydroxylation is 1. The SMILES string of the molecule is Cc1cccc2cc(C(C)Nc3ncnc4[nH]cc(-c5cc(NS(=O)[O-])cc6[nH]ccc56)c34)n(-c3ccccc3)c(=O)c12. The third-order valence-corrected chi connectivity index (χ3v) is 8.13. The normalized spacial score (nSPS) is 13.0. The number of nitrogens with one attached hydrogen (secondary N) is 4. The molecular weight excluding hydrogens is 562 g/mol. The summed E-state index contributed by atoms with van der Waals surface area (Å²) < 4.78 is 27.1. The third-order valence-electron chi connectivity index (χ3n) is 7.72. The molecular formula is C32H26N7O3S-. The largest absolute Gasteiger partial charge is 0.755 e. The van der Waals surface area contributed by atoms with Crippen molar-refractivity contribution in [1.29, 1.82) is 0 Å². The molecule has 0 bridgehead atoms. The van der Waals surface area contributed by atoms with Gasteiger partial charge in [-0.1, -0.05) is 36.4 Å². The van der Waals surface area contributed by atoms with Crippen molar-refractivity contribution in [3.63, 3.8) is 0 Å². The Morgan fingerprint density at radius 2 is 1.79 bits per heavy atom. The number of para-hydroxylation sites is 1. The van der Waals surface area contributed by atoms with E-state index in [9.17, 15) is 13.6 Å². The first-order valence-corrected chi connectivity index (χ1v) is 14.7. The summed E-state index contributed by atoms with van der Waals surface area (Å²) in [5, 5.41) is 6.75. The number of H-pyrrole nitrogens is 2. The number of benzene rings is 3. The van der Waals surface area contributed by atoms with Crippen LogP contribution in [0.1, 0.15) is 24.2 Å². The Balaban J connectivity index is 1.39. The highest BCUT2D eigenvalue weighted by Crippen LogP contribution is 2.39. The van der Waals surface area contributed by atoms with E-state index in [1.54, 1.807) is 16.7 Å². The molecule has 0 aliphatic carbocycles. The van der Waals surface area contributed by atoms with Crippen LogP contribution >= 0.6 is 0 Å². The summed E-state index contributed by atoms with van der Waals surface area (Å²) in [6, 6.07) is 22.6. The van der Waals surface area contributed by atoms with E-state index in [4.69, 9.17) is 0 Å². The first kappa shape index (κ1) is 26.6. The molecule has 0 radical (unpaired) electrons. The molecule has 3 aromatic carbocycles. The van der Waals surface area contributed by atoms with Gasteiger partial charge >= 0.3 is 0 Å². The van der Waals surface area contributed by atoms with Crippen LogP contribution < -0.4 is 15.6 Å². The molecule has 10 nitrogen and oxygen atoms in total. The summed E-state index contributed by atoms with van der Waals surface area (Å²) in [4.78, 5) is 29.5. The average molecular weight is 589 g/mol. The van der Waals surface area contributed by atoms with Crippen LogP contribution in [0.15, 0.2) is 96.3 Å². The van der Waals surface area contributed by atoms with Crippen molar-refractivity contribution in [2.45, 2.75) is 19.9 Å². The van der Waals surface area contributed by atoms with Gasteiger partial charge in [0.2, 0.25) is 0 Å². The summed E-state index contributed by atoms with van der Waals surface area (Å²) in [5.74, 6) is 0.569. The summed E-state index contributed by atoms with van der Waals surface area (Å²) in [5.41, 5.74) is 5.78. The van der Waals surface area contributed by atoms with Gasteiger partial charge in [0, 0.05) is 57.2 Å². The molecule has 0 aliphatic rings. The van der Waals surface area contributed by atoms with Gasteiger partial charge in [0.1, 0.15) is 17.8 Å². The maximum Gasteiger partial charge on any atom is 0.263 e. The highest BCUT2D eigenvalue weighted by atomic mass is 32.2. The fourth-order valence-corrected chi connectivity index (χ4v) is 6.14. The smallest absolute Gasteiger partial charge is 0.263 e. The zero-order valence-electron chi connectivity index (χ0n) is 23.2. The number of hydrogen-bond donors (Lipinski definition) is 4. The number of rotatable bonds is 7. The zero-order chi connectivity index (χ0) is 29.7. The summed E-state index contributed by atoms with van der Waals surface area (Å²) in [7, 11) is 0. The number of aromatic nitrogens is 5. The van der Waals surface area contributed by atoms with E-state index >= 15 is 0 Å². The highest BCUT2D eigenvalue weighted by Gasteiger charge is 2.21. The van der Waals surface area contributed by atoms with Crippen LogP contribution in [0.2, 0.25) is 0 Å². The number of pyridine rings is 1. The monoisotopic (exact) mass is 588 g/mol. The van der Waals surface area contributed by atoms with Gasteiger partial charge < -0.3 is 24.6 Å². The maximum absolute atomic E-state index is 14.0. The van der Waals surface area contributed by atoms with E-state index in [0.29, 0.717) is 22.5 Å². The molecule has 0 fully saturated rings. The van der Waals surface area contributed by atoms with Gasteiger partial charge in [-0.2, -0.15) is 0 Å². The molecule has 7 rings (SSSR count). The highest BCUT2D eigenvalue weighted by molar-refractivity contribution is 7.80. The standard InChI is InChI=1S/C32H27N7O3S/c1-18-7-6-8-20-13-27(39(32(40)28(18)20)22-9-4-3-5-10-22)19(2)37-31-29-25(16-34-30(29)35-17-36-31)24-14-21(38-43(41)42)15-26-23(24)11-12-33-26/h3-17,19,33,38H,1-2H3,(H,41,42)(H2,34,35,36,37)/p-1. The van der Waals surface area contributed by atoms with Crippen LogP contribution in [0.4, 0.5) is 11.5 Å². The van der Waals surface area contributed by atoms with Crippen molar-refractivity contribution in [2.75, 3.05) is 10.0 Å². The van der Waals surface area contributed by atoms with Gasteiger partial charge in [0.25, 0.3) is 5.56 Å². The lowest BCUT2D eigenvalue weighted by Crippen LogP contribution is -2.26. The van der Waals surface area contributed by atoms with Gasteiger partial charge in [-0.3, -0.25) is 13.6 Å². The van der Waals surface area contributed by atoms with Crippen molar-refractivity contribution in [2.24, 2.45) is 0 Å². The van der Waals surface area contributed by atoms with Crippen LogP contribution in [0.3, 0.4) is 0 Å². The Hall–Kier alpha value is -5.26. The minimum atomic E-state index is -2.48. The second-order valence-electron chi connectivity index (χ2n) is 10.4. The van der Waals surface area contributed by atoms with E-state index in [0.717, 1.165) is 49.7 Å². The van der Waals surface area contributed by atoms with Crippen LogP contribution in [-0.2, 0) is 11.3 Å². The van der Waals surface area contributed by atoms with Crippen molar-refractivity contribution in [1.82, 2.24) is 24.5 Å². The van der Waals surface area contributed by atoms with Crippen molar-refractivity contribution >= 4 is 55.5 Å². The number of aromatic amines is 2. The predicted molar refractivity (Wildman–Crippen MR) is 170 cm³/mol. The van der Waals surface area contributed by atoms with Gasteiger partial charge in [0.15, 0.2) is 0 Å². The molecule has 0 amide bonds. The molecule has 0 aliphatic heterocycles. The number of hydrogen-bond acceptors (Lipinski definition) is 6. The molecule has 7 aromatic rings. The molecule has 4 aromatic heterocycles. The molecule has 2 atom stereocenters. The number of nitrogens with zero attached hydrogens (tertiary/aromatic N) is 3. The topological polar surface area (TPSA) is 144 Å². The Kier molecular flexibility index (Phi) is 6.52. The van der Waals surface area contributed by atoms with Crippen LogP contribution in [-0.4, -0.2) is 33.3 Å². The molecule has 11 heteroatoms. The molecule has 214 valence electrons. The fourth-order valence-electron chi connectivity index (χ4n) is 5.83. The zero-order valence-corrected chi connectivity index (χ0v) is 24.0. The van der Waals surface area contributed by atoms with Crippen LogP contribution in [0, 0.1) is 6.92 Å². The minimum Gasteiger partial charge on any atom is -0.755 e. The van der Waals surface area contributed by atoms with E-state index in [-0.39, 0.29) is 11.6 Å². The van der Waals surface area contributed by atoms with E-state index in [1.165, 1.54) is 6.33 Å². The second-order valence-corrected chi connectivity index (χ2v) is 11.1. The van der Waals surface area contributed by atoms with Crippen molar-refractivity contribution < 1.29 is 8.76 Å². The van der Waals surface area contributed by atoms with Crippen LogP contribution in [0.5, 0.6) is 0 Å². The van der Waals surface area contributed by atoms with Gasteiger partial charge in [-0.05, 0) is 66.8 Å². The summed E-state index contributed by atoms with van der Waals surface area (Å²) in [6.07, 6.45) is 5.13. The van der Waals surface area contributed by atoms with Gasteiger partial charge in [0.05, 0.1) is 16.8 Å². The molecule has 4 N–H and O–H groups in total. The lowest BCUT2D eigenvalue weighted by atomic mass is 10.0. The van der Waals surface area contributed by atoms with Gasteiger partial charge in [-0.25, -0.2) is 9.97 Å². The third kappa shape index (κ3) is 4.64. The Bertz CT molecular complexity index is 2240. The fraction of sp³-hybridized carbons (Fsp3) is 0.0938. The predicted octanol–water partition coefficient (Wildman–Crippen LogP) is 6.10. The lowest BCUT2D eigenvalue weighted by molar-refractivity contribution is 0.542. The van der Waals surface area contributed by atoms with Crippen LogP contribution in [0.25, 0.3) is 49.5 Å². The maximum atomic E-state index is 14.0. The Labute approximate surface area is 248 Å². The summed E-state index contributed by atoms with van der Waals surface area (Å²) >= 11 is -2.48. The molecule has 0 saturated carbocycles. The van der Waals surface area contributed by atoms with E-state index in [2.05, 4.69) is 30.0 Å².